The lowest BCUT2D eigenvalue weighted by Gasteiger charge is -2.03. The second-order valence-corrected chi connectivity index (χ2v) is 1.82. The summed E-state index contributed by atoms with van der Waals surface area (Å²) in [6.07, 6.45) is 0. The molecule has 4 heteroatoms. The second kappa shape index (κ2) is 3.53. The highest BCUT2D eigenvalue weighted by atomic mass is 16.5. The smallest absolute Gasteiger partial charge is 0.487 e. The summed E-state index contributed by atoms with van der Waals surface area (Å²) < 4.78 is 4.73. The van der Waals surface area contributed by atoms with Crippen molar-refractivity contribution in [3.8, 4) is 0 Å². The van der Waals surface area contributed by atoms with Crippen LogP contribution in [-0.4, -0.2) is 24.3 Å². The molecule has 0 heterocycles. The van der Waals surface area contributed by atoms with E-state index in [2.05, 4.69) is 0 Å². The standard InChI is InChI=1S/C5H11BO3/c1-4(6(7)8)5(2)9-3/h7-8H,1-3H3. The molecule has 0 saturated heterocycles. The first-order chi connectivity index (χ1) is 4.09. The van der Waals surface area contributed by atoms with Gasteiger partial charge in [-0.3, -0.25) is 0 Å². The SMILES string of the molecule is COC(C)=C(C)B(O)O. The Labute approximate surface area is 55.1 Å². The van der Waals surface area contributed by atoms with Crippen LogP contribution in [0.15, 0.2) is 11.2 Å². The third kappa shape index (κ3) is 2.53. The monoisotopic (exact) mass is 130 g/mol. The van der Waals surface area contributed by atoms with Gasteiger partial charge in [0.15, 0.2) is 0 Å². The molecule has 0 aromatic rings. The molecule has 0 spiro atoms. The fourth-order valence-electron chi connectivity index (χ4n) is 0.343. The van der Waals surface area contributed by atoms with Gasteiger partial charge >= 0.3 is 7.12 Å². The molecule has 0 amide bonds. The Morgan fingerprint density at radius 2 is 1.78 bits per heavy atom. The molecule has 0 rings (SSSR count). The number of methoxy groups -OCH3 is 1. The van der Waals surface area contributed by atoms with Crippen LogP contribution in [0.5, 0.6) is 0 Å². The molecule has 0 aromatic heterocycles. The lowest BCUT2D eigenvalue weighted by molar-refractivity contribution is 0.288. The molecule has 3 nitrogen and oxygen atoms in total. The molecule has 0 bridgehead atoms. The largest absolute Gasteiger partial charge is 0.502 e. The van der Waals surface area contributed by atoms with Gasteiger partial charge in [-0.2, -0.15) is 0 Å². The summed E-state index contributed by atoms with van der Waals surface area (Å²) in [7, 11) is 0.0891. The van der Waals surface area contributed by atoms with Gasteiger partial charge in [0, 0.05) is 0 Å². The summed E-state index contributed by atoms with van der Waals surface area (Å²) in [5, 5.41) is 17.1. The molecule has 9 heavy (non-hydrogen) atoms. The molecule has 0 aliphatic rings. The number of hydrogen-bond donors (Lipinski definition) is 2. The number of ether oxygens (including phenoxy) is 1. The van der Waals surface area contributed by atoms with Crippen LogP contribution in [0.2, 0.25) is 0 Å². The maximum absolute atomic E-state index is 8.54. The molecular formula is C5H11BO3. The quantitative estimate of drug-likeness (QED) is 0.406. The molecule has 0 fully saturated rings. The molecule has 0 radical (unpaired) electrons. The van der Waals surface area contributed by atoms with Gasteiger partial charge in [-0.25, -0.2) is 0 Å². The topological polar surface area (TPSA) is 49.7 Å². The minimum Gasteiger partial charge on any atom is -0.502 e. The van der Waals surface area contributed by atoms with Crippen molar-refractivity contribution in [3.05, 3.63) is 11.2 Å². The maximum atomic E-state index is 8.54. The Bertz CT molecular complexity index is 119. The number of allylic oxidation sites excluding steroid dienone is 2. The zero-order chi connectivity index (χ0) is 7.44. The summed E-state index contributed by atoms with van der Waals surface area (Å²) in [5.74, 6) is 0.546. The van der Waals surface area contributed by atoms with E-state index in [0.717, 1.165) is 0 Å². The average Bonchev–Trinajstić information content (AvgIpc) is 1.84. The molecule has 0 aromatic carbocycles. The van der Waals surface area contributed by atoms with E-state index in [-0.39, 0.29) is 0 Å². The van der Waals surface area contributed by atoms with E-state index in [1.165, 1.54) is 7.11 Å². The number of rotatable bonds is 2. The molecule has 0 aliphatic heterocycles. The zero-order valence-electron chi connectivity index (χ0n) is 5.88. The fraction of sp³-hybridized carbons (Fsp3) is 0.600. The highest BCUT2D eigenvalue weighted by Gasteiger charge is 2.12. The predicted molar refractivity (Wildman–Crippen MR) is 35.6 cm³/mol. The van der Waals surface area contributed by atoms with Crippen molar-refractivity contribution in [2.45, 2.75) is 13.8 Å². The summed E-state index contributed by atoms with van der Waals surface area (Å²) in [6, 6.07) is 0. The van der Waals surface area contributed by atoms with Crippen LogP contribution >= 0.6 is 0 Å². The Hall–Kier alpha value is -0.475. The van der Waals surface area contributed by atoms with Crippen molar-refractivity contribution in [1.29, 1.82) is 0 Å². The van der Waals surface area contributed by atoms with Gasteiger partial charge in [-0.15, -0.1) is 0 Å². The van der Waals surface area contributed by atoms with E-state index < -0.39 is 7.12 Å². The van der Waals surface area contributed by atoms with Crippen molar-refractivity contribution in [2.24, 2.45) is 0 Å². The zero-order valence-corrected chi connectivity index (χ0v) is 5.88. The third-order valence-electron chi connectivity index (χ3n) is 1.25. The Balaban J connectivity index is 4.10. The van der Waals surface area contributed by atoms with Crippen molar-refractivity contribution < 1.29 is 14.8 Å². The maximum Gasteiger partial charge on any atom is 0.487 e. The summed E-state index contributed by atoms with van der Waals surface area (Å²) in [4.78, 5) is 0. The Morgan fingerprint density at radius 1 is 1.33 bits per heavy atom. The van der Waals surface area contributed by atoms with Gasteiger partial charge in [-0.1, -0.05) is 0 Å². The molecule has 0 atom stereocenters. The van der Waals surface area contributed by atoms with Crippen LogP contribution in [-0.2, 0) is 4.74 Å². The van der Waals surface area contributed by atoms with Crippen LogP contribution < -0.4 is 0 Å². The lowest BCUT2D eigenvalue weighted by Crippen LogP contribution is -2.14. The first-order valence-electron chi connectivity index (χ1n) is 2.67. The van der Waals surface area contributed by atoms with E-state index in [1.807, 2.05) is 0 Å². The Kier molecular flexibility index (Phi) is 3.34. The minimum atomic E-state index is -1.40. The van der Waals surface area contributed by atoms with Gasteiger partial charge in [0.05, 0.1) is 12.9 Å². The normalized spacial score (nSPS) is 12.6. The average molecular weight is 130 g/mol. The fourth-order valence-corrected chi connectivity index (χ4v) is 0.343. The van der Waals surface area contributed by atoms with E-state index in [9.17, 15) is 0 Å². The molecule has 52 valence electrons. The summed E-state index contributed by atoms with van der Waals surface area (Å²) in [5.41, 5.74) is 0.442. The second-order valence-electron chi connectivity index (χ2n) is 1.82. The highest BCUT2D eigenvalue weighted by molar-refractivity contribution is 6.50. The Morgan fingerprint density at radius 3 is 1.89 bits per heavy atom. The summed E-state index contributed by atoms with van der Waals surface area (Å²) >= 11 is 0. The molecular weight excluding hydrogens is 119 g/mol. The predicted octanol–water partition coefficient (Wildman–Crippen LogP) is -0.0613. The van der Waals surface area contributed by atoms with Crippen molar-refractivity contribution in [3.63, 3.8) is 0 Å². The van der Waals surface area contributed by atoms with E-state index >= 15 is 0 Å². The van der Waals surface area contributed by atoms with E-state index in [0.29, 0.717) is 11.2 Å². The van der Waals surface area contributed by atoms with Crippen LogP contribution in [0.4, 0.5) is 0 Å². The van der Waals surface area contributed by atoms with Crippen molar-refractivity contribution >= 4 is 7.12 Å². The van der Waals surface area contributed by atoms with E-state index in [4.69, 9.17) is 14.8 Å². The molecule has 0 aliphatic carbocycles. The molecule has 0 unspecified atom stereocenters. The van der Waals surface area contributed by atoms with Crippen LogP contribution in [0.1, 0.15) is 13.8 Å². The van der Waals surface area contributed by atoms with Crippen LogP contribution in [0.25, 0.3) is 0 Å². The first kappa shape index (κ1) is 8.52. The van der Waals surface area contributed by atoms with Crippen molar-refractivity contribution in [2.75, 3.05) is 7.11 Å². The van der Waals surface area contributed by atoms with Gasteiger partial charge in [0.1, 0.15) is 0 Å². The van der Waals surface area contributed by atoms with Gasteiger partial charge in [-0.05, 0) is 19.3 Å². The van der Waals surface area contributed by atoms with Crippen LogP contribution in [0.3, 0.4) is 0 Å². The van der Waals surface area contributed by atoms with Crippen LogP contribution in [0, 0.1) is 0 Å². The minimum absolute atomic E-state index is 0.442. The van der Waals surface area contributed by atoms with Gasteiger partial charge < -0.3 is 14.8 Å². The van der Waals surface area contributed by atoms with E-state index in [1.54, 1.807) is 13.8 Å². The lowest BCUT2D eigenvalue weighted by atomic mass is 9.80. The molecule has 0 saturated carbocycles. The number of hydrogen-bond acceptors (Lipinski definition) is 3. The highest BCUT2D eigenvalue weighted by Crippen LogP contribution is 2.03. The van der Waals surface area contributed by atoms with Gasteiger partial charge in [0.25, 0.3) is 0 Å². The van der Waals surface area contributed by atoms with Crippen molar-refractivity contribution in [1.82, 2.24) is 0 Å². The third-order valence-corrected chi connectivity index (χ3v) is 1.25. The first-order valence-corrected chi connectivity index (χ1v) is 2.67. The molecule has 2 N–H and O–H groups in total. The summed E-state index contributed by atoms with van der Waals surface area (Å²) in [6.45, 7) is 3.28. The van der Waals surface area contributed by atoms with Gasteiger partial charge in [0.2, 0.25) is 0 Å².